The minimum atomic E-state index is -0.296. The fourth-order valence-electron chi connectivity index (χ4n) is 3.28. The molecular weight excluding hydrogens is 320 g/mol. The van der Waals surface area contributed by atoms with E-state index in [2.05, 4.69) is 13.8 Å². The molecule has 2 unspecified atom stereocenters. The Labute approximate surface area is 157 Å². The number of ketones is 2. The Morgan fingerprint density at radius 2 is 1.35 bits per heavy atom. The predicted molar refractivity (Wildman–Crippen MR) is 107 cm³/mol. The number of rotatable bonds is 8. The Balaban J connectivity index is 2.34. The number of carbonyl (C=O) groups is 2. The molecule has 2 aromatic rings. The Morgan fingerprint density at radius 1 is 0.846 bits per heavy atom. The van der Waals surface area contributed by atoms with E-state index in [1.165, 1.54) is 0 Å². The van der Waals surface area contributed by atoms with Crippen molar-refractivity contribution in [3.05, 3.63) is 83.4 Å². The van der Waals surface area contributed by atoms with Gasteiger partial charge in [-0.2, -0.15) is 0 Å². The van der Waals surface area contributed by atoms with Crippen LogP contribution in [0.15, 0.2) is 72.3 Å². The molecular formula is C24H28O2. The van der Waals surface area contributed by atoms with Gasteiger partial charge in [0.1, 0.15) is 0 Å². The molecule has 0 aliphatic carbocycles. The molecule has 0 aliphatic rings. The number of carbonyl (C=O) groups excluding carboxylic acids is 2. The highest BCUT2D eigenvalue weighted by atomic mass is 16.1. The van der Waals surface area contributed by atoms with E-state index in [1.54, 1.807) is 0 Å². The summed E-state index contributed by atoms with van der Waals surface area (Å²) < 4.78 is 0. The van der Waals surface area contributed by atoms with E-state index in [-0.39, 0.29) is 29.3 Å². The summed E-state index contributed by atoms with van der Waals surface area (Å²) in [5, 5.41) is 0. The van der Waals surface area contributed by atoms with Gasteiger partial charge in [0.25, 0.3) is 0 Å². The van der Waals surface area contributed by atoms with E-state index in [4.69, 9.17) is 0 Å². The van der Waals surface area contributed by atoms with Crippen LogP contribution < -0.4 is 0 Å². The summed E-state index contributed by atoms with van der Waals surface area (Å²) in [7, 11) is 0. The molecule has 2 heteroatoms. The Morgan fingerprint density at radius 3 is 1.81 bits per heavy atom. The zero-order valence-electron chi connectivity index (χ0n) is 16.1. The van der Waals surface area contributed by atoms with Crippen LogP contribution in [0.2, 0.25) is 0 Å². The van der Waals surface area contributed by atoms with Crippen LogP contribution in [0.25, 0.3) is 0 Å². The largest absolute Gasteiger partial charge is 0.294 e. The van der Waals surface area contributed by atoms with Crippen molar-refractivity contribution in [3.63, 3.8) is 0 Å². The molecule has 0 aliphatic heterocycles. The minimum Gasteiger partial charge on any atom is -0.294 e. The maximum absolute atomic E-state index is 13.2. The summed E-state index contributed by atoms with van der Waals surface area (Å²) in [6.45, 7) is 8.18. The van der Waals surface area contributed by atoms with Crippen molar-refractivity contribution in [3.8, 4) is 0 Å². The Kier molecular flexibility index (Phi) is 7.08. The van der Waals surface area contributed by atoms with E-state index >= 15 is 0 Å². The summed E-state index contributed by atoms with van der Waals surface area (Å²) in [6.07, 6.45) is 2.40. The molecule has 0 fully saturated rings. The number of hydrogen-bond donors (Lipinski definition) is 0. The van der Waals surface area contributed by atoms with E-state index in [9.17, 15) is 9.59 Å². The lowest BCUT2D eigenvalue weighted by Crippen LogP contribution is -2.29. The fraction of sp³-hybridized carbons (Fsp3) is 0.333. The molecule has 0 spiro atoms. The number of Topliss-reactive ketones (excluding diaryl/α,β-unsaturated/α-hetero) is 2. The molecule has 2 nitrogen and oxygen atoms in total. The molecule has 0 N–H and O–H groups in total. The van der Waals surface area contributed by atoms with Gasteiger partial charge in [-0.05, 0) is 25.7 Å². The molecule has 0 amide bonds. The smallest absolute Gasteiger partial charge is 0.170 e. The topological polar surface area (TPSA) is 34.1 Å². The van der Waals surface area contributed by atoms with Crippen LogP contribution in [-0.2, 0) is 0 Å². The van der Waals surface area contributed by atoms with Crippen molar-refractivity contribution in [2.45, 2.75) is 34.1 Å². The lowest BCUT2D eigenvalue weighted by atomic mass is 9.75. The highest BCUT2D eigenvalue weighted by Gasteiger charge is 2.31. The van der Waals surface area contributed by atoms with E-state index in [1.807, 2.05) is 80.6 Å². The molecule has 0 heterocycles. The van der Waals surface area contributed by atoms with E-state index < -0.39 is 0 Å². The third-order valence-corrected chi connectivity index (χ3v) is 4.71. The second kappa shape index (κ2) is 9.28. The van der Waals surface area contributed by atoms with Crippen LogP contribution in [0.1, 0.15) is 54.8 Å². The predicted octanol–water partition coefficient (Wildman–Crippen LogP) is 6.00. The second-order valence-electron chi connectivity index (χ2n) is 7.40. The highest BCUT2D eigenvalue weighted by Crippen LogP contribution is 2.31. The van der Waals surface area contributed by atoms with Crippen molar-refractivity contribution in [1.82, 2.24) is 0 Å². The van der Waals surface area contributed by atoms with Gasteiger partial charge in [0.05, 0.1) is 0 Å². The van der Waals surface area contributed by atoms with Gasteiger partial charge in [0.15, 0.2) is 11.6 Å². The first-order chi connectivity index (χ1) is 12.4. The molecule has 2 rings (SSSR count). The standard InChI is InChI=1S/C24H28O2/c1-17(2)15-22(24(26)20-13-9-6-10-14-20)21(18(3)4)16-23(25)19-11-7-5-8-12-19/h5-15,18,21-22H,16H2,1-4H3. The third kappa shape index (κ3) is 5.26. The van der Waals surface area contributed by atoms with Crippen molar-refractivity contribution in [2.24, 2.45) is 17.8 Å². The van der Waals surface area contributed by atoms with Gasteiger partial charge in [-0.15, -0.1) is 0 Å². The van der Waals surface area contributed by atoms with Crippen molar-refractivity contribution >= 4 is 11.6 Å². The average molecular weight is 348 g/mol. The van der Waals surface area contributed by atoms with Gasteiger partial charge in [-0.1, -0.05) is 86.2 Å². The summed E-state index contributed by atoms with van der Waals surface area (Å²) >= 11 is 0. The molecule has 136 valence electrons. The maximum Gasteiger partial charge on any atom is 0.170 e. The maximum atomic E-state index is 13.2. The molecule has 2 atom stereocenters. The molecule has 26 heavy (non-hydrogen) atoms. The van der Waals surface area contributed by atoms with Gasteiger partial charge < -0.3 is 0 Å². The highest BCUT2D eigenvalue weighted by molar-refractivity contribution is 6.00. The van der Waals surface area contributed by atoms with Gasteiger partial charge in [-0.3, -0.25) is 9.59 Å². The first-order valence-electron chi connectivity index (χ1n) is 9.22. The van der Waals surface area contributed by atoms with Crippen molar-refractivity contribution < 1.29 is 9.59 Å². The zero-order chi connectivity index (χ0) is 19.1. The minimum absolute atomic E-state index is 0.0367. The monoisotopic (exact) mass is 348 g/mol. The number of hydrogen-bond acceptors (Lipinski definition) is 2. The van der Waals surface area contributed by atoms with Crippen LogP contribution in [-0.4, -0.2) is 11.6 Å². The lowest BCUT2D eigenvalue weighted by Gasteiger charge is -2.27. The number of benzene rings is 2. The van der Waals surface area contributed by atoms with Crippen LogP contribution in [0.4, 0.5) is 0 Å². The van der Waals surface area contributed by atoms with Crippen LogP contribution in [0.3, 0.4) is 0 Å². The second-order valence-corrected chi connectivity index (χ2v) is 7.40. The average Bonchev–Trinajstić information content (AvgIpc) is 2.64. The van der Waals surface area contributed by atoms with Gasteiger partial charge in [-0.25, -0.2) is 0 Å². The quantitative estimate of drug-likeness (QED) is 0.433. The van der Waals surface area contributed by atoms with Crippen LogP contribution in [0.5, 0.6) is 0 Å². The molecule has 0 bridgehead atoms. The Bertz CT molecular complexity index is 753. The summed E-state index contributed by atoms with van der Waals surface area (Å²) in [5.41, 5.74) is 2.51. The summed E-state index contributed by atoms with van der Waals surface area (Å²) in [4.78, 5) is 26.0. The molecule has 0 saturated heterocycles. The van der Waals surface area contributed by atoms with Crippen molar-refractivity contribution in [2.75, 3.05) is 0 Å². The summed E-state index contributed by atoms with van der Waals surface area (Å²) in [5.74, 6) is 0.0694. The van der Waals surface area contributed by atoms with E-state index in [0.717, 1.165) is 5.57 Å². The van der Waals surface area contributed by atoms with Crippen molar-refractivity contribution in [1.29, 1.82) is 0 Å². The van der Waals surface area contributed by atoms with Crippen LogP contribution in [0, 0.1) is 17.8 Å². The molecule has 0 saturated carbocycles. The Hall–Kier alpha value is -2.48. The first-order valence-corrected chi connectivity index (χ1v) is 9.22. The molecule has 0 aromatic heterocycles. The fourth-order valence-corrected chi connectivity index (χ4v) is 3.28. The van der Waals surface area contributed by atoms with Gasteiger partial charge in [0.2, 0.25) is 0 Å². The van der Waals surface area contributed by atoms with Gasteiger partial charge >= 0.3 is 0 Å². The normalized spacial score (nSPS) is 13.1. The summed E-state index contributed by atoms with van der Waals surface area (Å²) in [6, 6.07) is 18.7. The van der Waals surface area contributed by atoms with Crippen LogP contribution >= 0.6 is 0 Å². The molecule has 0 radical (unpaired) electrons. The SMILES string of the molecule is CC(C)=CC(C(=O)c1ccccc1)C(CC(=O)c1ccccc1)C(C)C. The first kappa shape index (κ1) is 19.8. The third-order valence-electron chi connectivity index (χ3n) is 4.71. The number of allylic oxidation sites excluding steroid dienone is 2. The zero-order valence-corrected chi connectivity index (χ0v) is 16.1. The molecule has 2 aromatic carbocycles. The lowest BCUT2D eigenvalue weighted by molar-refractivity contribution is 0.0839. The van der Waals surface area contributed by atoms with Gasteiger partial charge in [0, 0.05) is 23.5 Å². The van der Waals surface area contributed by atoms with E-state index in [0.29, 0.717) is 17.5 Å².